The molecule has 1 amide bonds. The fourth-order valence-corrected chi connectivity index (χ4v) is 3.00. The van der Waals surface area contributed by atoms with Crippen molar-refractivity contribution in [1.82, 2.24) is 4.98 Å². The van der Waals surface area contributed by atoms with Crippen molar-refractivity contribution >= 4 is 34.1 Å². The van der Waals surface area contributed by atoms with E-state index >= 15 is 0 Å². The quantitative estimate of drug-likeness (QED) is 0.719. The molecule has 0 unspecified atom stereocenters. The summed E-state index contributed by atoms with van der Waals surface area (Å²) in [5.74, 6) is 0.471. The fraction of sp³-hybridized carbons (Fsp3) is 0.211. The van der Waals surface area contributed by atoms with E-state index in [9.17, 15) is 4.79 Å². The largest absolute Gasteiger partial charge is 0.495 e. The lowest BCUT2D eigenvalue weighted by molar-refractivity contribution is -0.120. The Morgan fingerprint density at radius 3 is 2.67 bits per heavy atom. The first-order valence-electron chi connectivity index (χ1n) is 7.65. The molecular formula is C19H19ClN2O2. The normalized spacial score (nSPS) is 11.5. The number of ether oxygens (including phenoxy) is 1. The van der Waals surface area contributed by atoms with Gasteiger partial charge in [0.1, 0.15) is 5.75 Å². The van der Waals surface area contributed by atoms with Crippen LogP contribution in [0.15, 0.2) is 48.7 Å². The summed E-state index contributed by atoms with van der Waals surface area (Å²) >= 11 is 6.12. The molecule has 24 heavy (non-hydrogen) atoms. The minimum Gasteiger partial charge on any atom is -0.495 e. The van der Waals surface area contributed by atoms with E-state index in [1.54, 1.807) is 25.3 Å². The molecule has 2 aromatic carbocycles. The Morgan fingerprint density at radius 1 is 1.21 bits per heavy atom. The Bertz CT molecular complexity index is 899. The summed E-state index contributed by atoms with van der Waals surface area (Å²) in [5, 5.41) is 4.44. The van der Waals surface area contributed by atoms with Crippen LogP contribution in [-0.2, 0) is 10.2 Å². The van der Waals surface area contributed by atoms with Crippen molar-refractivity contribution in [2.45, 2.75) is 19.3 Å². The minimum absolute atomic E-state index is 0.103. The number of halogens is 1. The van der Waals surface area contributed by atoms with E-state index in [2.05, 4.69) is 10.3 Å². The molecule has 3 aromatic rings. The van der Waals surface area contributed by atoms with Crippen molar-refractivity contribution in [1.29, 1.82) is 0 Å². The first-order valence-corrected chi connectivity index (χ1v) is 8.03. The number of fused-ring (bicyclic) bond motifs is 1. The van der Waals surface area contributed by atoms with Gasteiger partial charge in [-0.2, -0.15) is 0 Å². The smallest absolute Gasteiger partial charge is 0.234 e. The highest BCUT2D eigenvalue weighted by Crippen LogP contribution is 2.33. The fourth-order valence-electron chi connectivity index (χ4n) is 2.74. The maximum absolute atomic E-state index is 12.8. The number of rotatable bonds is 4. The zero-order chi connectivity index (χ0) is 17.3. The van der Waals surface area contributed by atoms with Gasteiger partial charge in [-0.05, 0) is 43.7 Å². The third kappa shape index (κ3) is 2.85. The molecule has 0 aliphatic heterocycles. The predicted octanol–water partition coefficient (Wildman–Crippen LogP) is 4.75. The zero-order valence-electron chi connectivity index (χ0n) is 13.8. The lowest BCUT2D eigenvalue weighted by Crippen LogP contribution is -2.34. The van der Waals surface area contributed by atoms with Crippen LogP contribution in [0.1, 0.15) is 19.4 Å². The third-order valence-electron chi connectivity index (χ3n) is 4.24. The molecule has 1 heterocycles. The van der Waals surface area contributed by atoms with E-state index in [0.717, 1.165) is 16.5 Å². The van der Waals surface area contributed by atoms with E-state index in [-0.39, 0.29) is 5.91 Å². The molecule has 0 fully saturated rings. The molecular weight excluding hydrogens is 324 g/mol. The van der Waals surface area contributed by atoms with Crippen molar-refractivity contribution < 1.29 is 9.53 Å². The molecule has 1 aromatic heterocycles. The Hall–Kier alpha value is -2.46. The Kier molecular flexibility index (Phi) is 4.24. The molecule has 5 heteroatoms. The van der Waals surface area contributed by atoms with Gasteiger partial charge in [0.2, 0.25) is 5.91 Å². The monoisotopic (exact) mass is 342 g/mol. The minimum atomic E-state index is -0.702. The number of anilines is 1. The number of carbonyl (C=O) groups is 1. The van der Waals surface area contributed by atoms with E-state index in [1.165, 1.54) is 0 Å². The second kappa shape index (κ2) is 6.21. The molecule has 0 aliphatic rings. The van der Waals surface area contributed by atoms with Gasteiger partial charge in [-0.25, -0.2) is 0 Å². The van der Waals surface area contributed by atoms with Crippen LogP contribution < -0.4 is 10.1 Å². The number of carbonyl (C=O) groups excluding carboxylic acids is 1. The third-order valence-corrected chi connectivity index (χ3v) is 4.54. The Balaban J connectivity index is 1.89. The molecule has 124 valence electrons. The van der Waals surface area contributed by atoms with Crippen LogP contribution in [0.25, 0.3) is 10.9 Å². The number of hydrogen-bond acceptors (Lipinski definition) is 2. The van der Waals surface area contributed by atoms with Gasteiger partial charge in [0, 0.05) is 22.8 Å². The first kappa shape index (κ1) is 16.4. The van der Waals surface area contributed by atoms with E-state index in [1.807, 2.05) is 44.3 Å². The van der Waals surface area contributed by atoms with Crippen molar-refractivity contribution in [3.05, 3.63) is 59.2 Å². The summed E-state index contributed by atoms with van der Waals surface area (Å²) in [6.07, 6.45) is 1.89. The van der Waals surface area contributed by atoms with Crippen molar-refractivity contribution in [2.24, 2.45) is 0 Å². The van der Waals surface area contributed by atoms with Crippen LogP contribution in [0.3, 0.4) is 0 Å². The zero-order valence-corrected chi connectivity index (χ0v) is 14.6. The summed E-state index contributed by atoms with van der Waals surface area (Å²) in [4.78, 5) is 16.1. The average Bonchev–Trinajstić information content (AvgIpc) is 2.99. The van der Waals surface area contributed by atoms with Gasteiger partial charge in [0.25, 0.3) is 0 Å². The van der Waals surface area contributed by atoms with Crippen molar-refractivity contribution in [2.75, 3.05) is 12.4 Å². The number of methoxy groups -OCH3 is 1. The molecule has 2 N–H and O–H groups in total. The van der Waals surface area contributed by atoms with Gasteiger partial charge in [0.15, 0.2) is 0 Å². The second-order valence-corrected chi connectivity index (χ2v) is 6.58. The maximum Gasteiger partial charge on any atom is 0.234 e. The van der Waals surface area contributed by atoms with Crippen LogP contribution in [0, 0.1) is 0 Å². The summed E-state index contributed by atoms with van der Waals surface area (Å²) < 4.78 is 5.13. The summed E-state index contributed by atoms with van der Waals surface area (Å²) in [6, 6.07) is 13.1. The Labute approximate surface area is 145 Å². The second-order valence-electron chi connectivity index (χ2n) is 6.18. The number of aromatic nitrogens is 1. The molecule has 3 rings (SSSR count). The predicted molar refractivity (Wildman–Crippen MR) is 98.0 cm³/mol. The number of nitrogens with one attached hydrogen (secondary N) is 2. The summed E-state index contributed by atoms with van der Waals surface area (Å²) in [7, 11) is 1.56. The molecule has 0 saturated heterocycles. The average molecular weight is 343 g/mol. The number of amides is 1. The first-order chi connectivity index (χ1) is 11.4. The topological polar surface area (TPSA) is 54.1 Å². The van der Waals surface area contributed by atoms with Gasteiger partial charge in [-0.15, -0.1) is 0 Å². The SMILES string of the molecule is COc1ccc(NC(=O)C(C)(C)c2c[nH]c3ccccc23)cc1Cl. The van der Waals surface area contributed by atoms with Crippen LogP contribution >= 0.6 is 11.6 Å². The van der Waals surface area contributed by atoms with Gasteiger partial charge in [-0.3, -0.25) is 4.79 Å². The molecule has 0 atom stereocenters. The highest BCUT2D eigenvalue weighted by molar-refractivity contribution is 6.32. The molecule has 0 spiro atoms. The number of aromatic amines is 1. The standard InChI is InChI=1S/C19H19ClN2O2/c1-19(2,14-11-21-16-7-5-4-6-13(14)16)18(23)22-12-8-9-17(24-3)15(20)10-12/h4-11,21H,1-3H3,(H,22,23). The molecule has 4 nitrogen and oxygen atoms in total. The molecule has 0 aliphatic carbocycles. The number of hydrogen-bond donors (Lipinski definition) is 2. The molecule has 0 saturated carbocycles. The number of para-hydroxylation sites is 1. The van der Waals surface area contributed by atoms with Crippen LogP contribution in [-0.4, -0.2) is 18.0 Å². The Morgan fingerprint density at radius 2 is 1.96 bits per heavy atom. The van der Waals surface area contributed by atoms with E-state index in [4.69, 9.17) is 16.3 Å². The van der Waals surface area contributed by atoms with Crippen LogP contribution in [0.2, 0.25) is 5.02 Å². The van der Waals surface area contributed by atoms with Crippen molar-refractivity contribution in [3.8, 4) is 5.75 Å². The summed E-state index contributed by atoms with van der Waals surface area (Å²) in [6.45, 7) is 3.81. The maximum atomic E-state index is 12.8. The van der Waals surface area contributed by atoms with Gasteiger partial charge in [0.05, 0.1) is 17.5 Å². The van der Waals surface area contributed by atoms with E-state index in [0.29, 0.717) is 16.5 Å². The van der Waals surface area contributed by atoms with E-state index < -0.39 is 5.41 Å². The molecule has 0 bridgehead atoms. The number of benzene rings is 2. The molecule has 0 radical (unpaired) electrons. The lowest BCUT2D eigenvalue weighted by atomic mass is 9.83. The highest BCUT2D eigenvalue weighted by Gasteiger charge is 2.32. The lowest BCUT2D eigenvalue weighted by Gasteiger charge is -2.23. The number of H-pyrrole nitrogens is 1. The summed E-state index contributed by atoms with van der Waals surface area (Å²) in [5.41, 5.74) is 1.90. The van der Waals surface area contributed by atoms with Crippen molar-refractivity contribution in [3.63, 3.8) is 0 Å². The van der Waals surface area contributed by atoms with Crippen LogP contribution in [0.5, 0.6) is 5.75 Å². The van der Waals surface area contributed by atoms with Gasteiger partial charge >= 0.3 is 0 Å². The highest BCUT2D eigenvalue weighted by atomic mass is 35.5. The van der Waals surface area contributed by atoms with Gasteiger partial charge in [-0.1, -0.05) is 29.8 Å². The van der Waals surface area contributed by atoms with Crippen LogP contribution in [0.4, 0.5) is 5.69 Å². The van der Waals surface area contributed by atoms with Gasteiger partial charge < -0.3 is 15.0 Å².